The highest BCUT2D eigenvalue weighted by molar-refractivity contribution is 5.57. The van der Waals surface area contributed by atoms with Gasteiger partial charge < -0.3 is 14.4 Å². The summed E-state index contributed by atoms with van der Waals surface area (Å²) in [6, 6.07) is 21.9. The van der Waals surface area contributed by atoms with E-state index in [2.05, 4.69) is 9.89 Å². The van der Waals surface area contributed by atoms with Gasteiger partial charge in [-0.1, -0.05) is 42.5 Å². The Bertz CT molecular complexity index is 1070. The van der Waals surface area contributed by atoms with Crippen LogP contribution in [-0.4, -0.2) is 35.8 Å². The summed E-state index contributed by atoms with van der Waals surface area (Å²) in [5.74, 6) is 1.56. The molecule has 7 heteroatoms. The second-order valence-corrected chi connectivity index (χ2v) is 7.18. The third-order valence-electron chi connectivity index (χ3n) is 5.00. The van der Waals surface area contributed by atoms with Crippen molar-refractivity contribution < 1.29 is 14.4 Å². The molecule has 158 valence electrons. The molecule has 1 heterocycles. The molecule has 4 rings (SSSR count). The maximum atomic E-state index is 11.3. The van der Waals surface area contributed by atoms with Gasteiger partial charge in [0.15, 0.2) is 11.5 Å². The molecule has 1 aliphatic rings. The lowest BCUT2D eigenvalue weighted by Gasteiger charge is -2.17. The highest BCUT2D eigenvalue weighted by Gasteiger charge is 2.16. The van der Waals surface area contributed by atoms with E-state index in [-0.39, 0.29) is 5.69 Å². The minimum absolute atomic E-state index is 0.0100. The zero-order valence-corrected chi connectivity index (χ0v) is 17.0. The molecule has 0 spiro atoms. The Labute approximate surface area is 180 Å². The maximum Gasteiger partial charge on any atom is 0.273 e. The van der Waals surface area contributed by atoms with Crippen LogP contribution in [0.5, 0.6) is 17.2 Å². The van der Waals surface area contributed by atoms with Gasteiger partial charge in [-0.2, -0.15) is 0 Å². The van der Waals surface area contributed by atoms with Crippen LogP contribution in [0.15, 0.2) is 77.8 Å². The van der Waals surface area contributed by atoms with E-state index in [4.69, 9.17) is 9.47 Å². The summed E-state index contributed by atoms with van der Waals surface area (Å²) in [6.07, 6.45) is 2.53. The van der Waals surface area contributed by atoms with Gasteiger partial charge in [-0.15, -0.1) is 0 Å². The van der Waals surface area contributed by atoms with Gasteiger partial charge in [0.1, 0.15) is 12.4 Å². The molecule has 0 atom stereocenters. The van der Waals surface area contributed by atoms with Crippen molar-refractivity contribution in [3.63, 3.8) is 0 Å². The van der Waals surface area contributed by atoms with Crippen LogP contribution in [0.2, 0.25) is 0 Å². The fourth-order valence-corrected chi connectivity index (χ4v) is 3.32. The number of nitrogens with zero attached hydrogens (tertiary/aromatic N) is 3. The molecule has 0 radical (unpaired) electrons. The quantitative estimate of drug-likeness (QED) is 0.367. The zero-order chi connectivity index (χ0) is 21.5. The lowest BCUT2D eigenvalue weighted by molar-refractivity contribution is -0.384. The van der Waals surface area contributed by atoms with Crippen molar-refractivity contribution in [1.82, 2.24) is 4.90 Å². The first-order valence-electron chi connectivity index (χ1n) is 10.1. The minimum Gasteiger partial charge on any atom is -0.485 e. The van der Waals surface area contributed by atoms with E-state index in [1.807, 2.05) is 54.9 Å². The number of aliphatic imine (C=N–C) groups is 1. The Morgan fingerprint density at radius 2 is 1.74 bits per heavy atom. The Balaban J connectivity index is 1.55. The SMILES string of the molecule is O=[N+]([O-])c1ccc(CCN2C=NCC2)c(Oc2ccccc2OCc2ccccc2)c1. The molecule has 0 fully saturated rings. The summed E-state index contributed by atoms with van der Waals surface area (Å²) in [7, 11) is 0. The van der Waals surface area contributed by atoms with E-state index in [1.165, 1.54) is 12.1 Å². The van der Waals surface area contributed by atoms with Gasteiger partial charge >= 0.3 is 0 Å². The Hall–Kier alpha value is -3.87. The molecular formula is C24H23N3O4. The molecule has 3 aromatic carbocycles. The number of hydrogen-bond donors (Lipinski definition) is 0. The van der Waals surface area contributed by atoms with E-state index in [1.54, 1.807) is 12.1 Å². The number of benzene rings is 3. The van der Waals surface area contributed by atoms with Crippen LogP contribution >= 0.6 is 0 Å². The van der Waals surface area contributed by atoms with Crippen molar-refractivity contribution in [3.05, 3.63) is 94.0 Å². The van der Waals surface area contributed by atoms with Crippen LogP contribution in [0.1, 0.15) is 11.1 Å². The van der Waals surface area contributed by atoms with E-state index in [0.29, 0.717) is 30.3 Å². The number of non-ortho nitro benzene ring substituents is 1. The fourth-order valence-electron chi connectivity index (χ4n) is 3.32. The number of hydrogen-bond acceptors (Lipinski definition) is 6. The molecule has 1 aliphatic heterocycles. The van der Waals surface area contributed by atoms with Gasteiger partial charge in [-0.3, -0.25) is 15.1 Å². The molecule has 31 heavy (non-hydrogen) atoms. The Kier molecular flexibility index (Phi) is 6.42. The second kappa shape index (κ2) is 9.75. The number of rotatable bonds is 9. The summed E-state index contributed by atoms with van der Waals surface area (Å²) in [4.78, 5) is 17.2. The highest BCUT2D eigenvalue weighted by atomic mass is 16.6. The average molecular weight is 417 g/mol. The summed E-state index contributed by atoms with van der Waals surface area (Å²) >= 11 is 0. The topological polar surface area (TPSA) is 77.2 Å². The van der Waals surface area contributed by atoms with Crippen LogP contribution in [0.3, 0.4) is 0 Å². The van der Waals surface area contributed by atoms with Gasteiger partial charge in [0.25, 0.3) is 5.69 Å². The van der Waals surface area contributed by atoms with Crippen molar-refractivity contribution in [2.45, 2.75) is 13.0 Å². The third kappa shape index (κ3) is 5.39. The smallest absolute Gasteiger partial charge is 0.273 e. The molecule has 0 saturated carbocycles. The van der Waals surface area contributed by atoms with Gasteiger partial charge in [0.05, 0.1) is 23.9 Å². The van der Waals surface area contributed by atoms with Crippen molar-refractivity contribution in [1.29, 1.82) is 0 Å². The monoisotopic (exact) mass is 417 g/mol. The minimum atomic E-state index is -0.415. The fraction of sp³-hybridized carbons (Fsp3) is 0.208. The largest absolute Gasteiger partial charge is 0.485 e. The third-order valence-corrected chi connectivity index (χ3v) is 5.00. The normalized spacial score (nSPS) is 12.7. The Morgan fingerprint density at radius 1 is 0.968 bits per heavy atom. The number of nitro groups is 1. The van der Waals surface area contributed by atoms with Crippen LogP contribution in [0.25, 0.3) is 0 Å². The molecule has 0 bridgehead atoms. The van der Waals surface area contributed by atoms with Gasteiger partial charge in [-0.05, 0) is 35.7 Å². The molecule has 0 amide bonds. The van der Waals surface area contributed by atoms with Gasteiger partial charge in [-0.25, -0.2) is 0 Å². The summed E-state index contributed by atoms with van der Waals surface area (Å²) < 4.78 is 12.1. The summed E-state index contributed by atoms with van der Waals surface area (Å²) in [6.45, 7) is 2.86. The first-order chi connectivity index (χ1) is 15.2. The number of nitro benzene ring substituents is 1. The first-order valence-corrected chi connectivity index (χ1v) is 10.1. The molecule has 3 aromatic rings. The average Bonchev–Trinajstić information content (AvgIpc) is 3.32. The lowest BCUT2D eigenvalue weighted by Crippen LogP contribution is -2.22. The second-order valence-electron chi connectivity index (χ2n) is 7.18. The number of para-hydroxylation sites is 2. The Morgan fingerprint density at radius 3 is 2.48 bits per heavy atom. The maximum absolute atomic E-state index is 11.3. The lowest BCUT2D eigenvalue weighted by atomic mass is 10.1. The van der Waals surface area contributed by atoms with Gasteiger partial charge in [0.2, 0.25) is 0 Å². The molecular weight excluding hydrogens is 394 g/mol. The van der Waals surface area contributed by atoms with Crippen LogP contribution in [-0.2, 0) is 13.0 Å². The van der Waals surface area contributed by atoms with Crippen molar-refractivity contribution in [2.75, 3.05) is 19.6 Å². The standard InChI is InChI=1S/C24H23N3O4/c28-27(29)21-11-10-20(12-14-26-15-13-25-18-26)24(16-21)31-23-9-5-4-8-22(23)30-17-19-6-2-1-3-7-19/h1-11,16,18H,12-15,17H2. The van der Waals surface area contributed by atoms with Crippen LogP contribution in [0, 0.1) is 10.1 Å². The molecule has 0 unspecified atom stereocenters. The predicted molar refractivity (Wildman–Crippen MR) is 119 cm³/mol. The zero-order valence-electron chi connectivity index (χ0n) is 17.0. The predicted octanol–water partition coefficient (Wildman–Crippen LogP) is 4.85. The van der Waals surface area contributed by atoms with E-state index < -0.39 is 4.92 Å². The molecule has 7 nitrogen and oxygen atoms in total. The van der Waals surface area contributed by atoms with Crippen molar-refractivity contribution in [2.24, 2.45) is 4.99 Å². The first kappa shape index (κ1) is 20.4. The van der Waals surface area contributed by atoms with E-state index >= 15 is 0 Å². The van der Waals surface area contributed by atoms with Crippen molar-refractivity contribution in [3.8, 4) is 17.2 Å². The number of ether oxygens (including phenoxy) is 2. The molecule has 0 aromatic heterocycles. The molecule has 0 aliphatic carbocycles. The molecule has 0 saturated heterocycles. The van der Waals surface area contributed by atoms with E-state index in [0.717, 1.165) is 30.8 Å². The van der Waals surface area contributed by atoms with Crippen LogP contribution in [0.4, 0.5) is 5.69 Å². The van der Waals surface area contributed by atoms with E-state index in [9.17, 15) is 10.1 Å². The highest BCUT2D eigenvalue weighted by Crippen LogP contribution is 2.35. The van der Waals surface area contributed by atoms with Crippen LogP contribution < -0.4 is 9.47 Å². The van der Waals surface area contributed by atoms with Gasteiger partial charge in [0, 0.05) is 19.2 Å². The summed E-state index contributed by atoms with van der Waals surface area (Å²) in [5.41, 5.74) is 1.92. The van der Waals surface area contributed by atoms with Crippen molar-refractivity contribution >= 4 is 12.0 Å². The molecule has 0 N–H and O–H groups in total. The summed E-state index contributed by atoms with van der Waals surface area (Å²) in [5, 5.41) is 11.3.